The van der Waals surface area contributed by atoms with Gasteiger partial charge in [-0.25, -0.2) is 9.78 Å². The van der Waals surface area contributed by atoms with Crippen molar-refractivity contribution in [3.8, 4) is 23.3 Å². The molecule has 36 heavy (non-hydrogen) atoms. The highest BCUT2D eigenvalue weighted by Gasteiger charge is 2.22. The molecule has 1 unspecified atom stereocenters. The van der Waals surface area contributed by atoms with Crippen LogP contribution in [0.3, 0.4) is 0 Å². The fourth-order valence-corrected chi connectivity index (χ4v) is 4.01. The van der Waals surface area contributed by atoms with Crippen molar-refractivity contribution >= 4 is 23.6 Å². The summed E-state index contributed by atoms with van der Waals surface area (Å²) in [5.41, 5.74) is 4.49. The average Bonchev–Trinajstić information content (AvgIpc) is 3.14. The van der Waals surface area contributed by atoms with Crippen LogP contribution >= 0.6 is 11.6 Å². The average molecular weight is 505 g/mol. The van der Waals surface area contributed by atoms with Crippen LogP contribution in [0.5, 0.6) is 0 Å². The zero-order valence-electron chi connectivity index (χ0n) is 20.2. The fraction of sp³-hybridized carbons (Fsp3) is 0.259. The van der Waals surface area contributed by atoms with Crippen molar-refractivity contribution in [2.45, 2.75) is 33.6 Å². The molecular weight excluding hydrogens is 480 g/mol. The first-order valence-electron chi connectivity index (χ1n) is 11.3. The summed E-state index contributed by atoms with van der Waals surface area (Å²) in [6.45, 7) is 6.13. The van der Waals surface area contributed by atoms with Crippen molar-refractivity contribution in [2.24, 2.45) is 0 Å². The van der Waals surface area contributed by atoms with Crippen molar-refractivity contribution < 1.29 is 19.4 Å². The quantitative estimate of drug-likeness (QED) is 0.251. The Kier molecular flexibility index (Phi) is 8.99. The van der Waals surface area contributed by atoms with Gasteiger partial charge in [-0.15, -0.1) is 0 Å². The van der Waals surface area contributed by atoms with Gasteiger partial charge in [0.1, 0.15) is 11.2 Å². The summed E-state index contributed by atoms with van der Waals surface area (Å²) in [6.07, 6.45) is 3.51. The fourth-order valence-electron chi connectivity index (χ4n) is 3.83. The lowest BCUT2D eigenvalue weighted by Gasteiger charge is -2.12. The minimum Gasteiger partial charge on any atom is -0.462 e. The molecule has 0 aliphatic carbocycles. The summed E-state index contributed by atoms with van der Waals surface area (Å²) >= 11 is 6.13. The molecule has 0 aliphatic heterocycles. The van der Waals surface area contributed by atoms with E-state index in [4.69, 9.17) is 26.3 Å². The number of nitriles is 2. The SMILES string of the molecule is CCOC(=O)c1cc(Cn2c(C)c(-c3ccc(C#N)cc3)c(C#N)c2/C=C/C(O)OCC)cnc1Cl. The zero-order valence-corrected chi connectivity index (χ0v) is 20.9. The molecule has 9 heteroatoms. The summed E-state index contributed by atoms with van der Waals surface area (Å²) in [5.74, 6) is -0.572. The van der Waals surface area contributed by atoms with E-state index in [9.17, 15) is 15.2 Å². The number of aliphatic hydroxyl groups is 1. The zero-order chi connectivity index (χ0) is 26.2. The Morgan fingerprint density at radius 1 is 1.22 bits per heavy atom. The molecule has 2 heterocycles. The third-order valence-corrected chi connectivity index (χ3v) is 5.77. The molecule has 0 spiro atoms. The molecule has 1 N–H and O–H groups in total. The molecule has 3 rings (SSSR count). The van der Waals surface area contributed by atoms with E-state index in [0.29, 0.717) is 34.6 Å². The highest BCUT2D eigenvalue weighted by molar-refractivity contribution is 6.32. The number of rotatable bonds is 9. The lowest BCUT2D eigenvalue weighted by Crippen LogP contribution is -2.10. The number of pyridine rings is 1. The van der Waals surface area contributed by atoms with Crippen LogP contribution in [-0.4, -0.2) is 40.1 Å². The second kappa shape index (κ2) is 12.1. The maximum absolute atomic E-state index is 12.3. The first-order chi connectivity index (χ1) is 17.3. The van der Waals surface area contributed by atoms with Crippen molar-refractivity contribution in [3.63, 3.8) is 0 Å². The number of aliphatic hydroxyl groups excluding tert-OH is 1. The molecular formula is C27H25ClN4O4. The van der Waals surface area contributed by atoms with E-state index in [0.717, 1.165) is 11.3 Å². The summed E-state index contributed by atoms with van der Waals surface area (Å²) in [6, 6.07) is 12.9. The lowest BCUT2D eigenvalue weighted by atomic mass is 10.00. The Labute approximate surface area is 214 Å². The number of halogens is 1. The van der Waals surface area contributed by atoms with Crippen LogP contribution < -0.4 is 0 Å². The predicted molar refractivity (Wildman–Crippen MR) is 135 cm³/mol. The smallest absolute Gasteiger partial charge is 0.341 e. The predicted octanol–water partition coefficient (Wildman–Crippen LogP) is 4.85. The maximum atomic E-state index is 12.3. The molecule has 1 aromatic carbocycles. The molecule has 0 amide bonds. The maximum Gasteiger partial charge on any atom is 0.341 e. The number of benzene rings is 1. The van der Waals surface area contributed by atoms with Gasteiger partial charge in [0.2, 0.25) is 0 Å². The Balaban J connectivity index is 2.17. The van der Waals surface area contributed by atoms with E-state index >= 15 is 0 Å². The van der Waals surface area contributed by atoms with Crippen molar-refractivity contribution in [2.75, 3.05) is 13.2 Å². The summed E-state index contributed by atoms with van der Waals surface area (Å²) in [4.78, 5) is 16.5. The molecule has 0 bridgehead atoms. The standard InChI is InChI=1S/C27H25ClN4O4/c1-4-35-24(33)11-10-23-22(14-30)25(20-8-6-18(13-29)7-9-20)17(3)32(23)16-19-12-21(26(28)31-15-19)27(34)36-5-2/h6-12,15,24,33H,4-5,16H2,1-3H3/b11-10+. The van der Waals surface area contributed by atoms with Gasteiger partial charge in [0, 0.05) is 30.6 Å². The van der Waals surface area contributed by atoms with E-state index in [2.05, 4.69) is 17.1 Å². The molecule has 0 fully saturated rings. The van der Waals surface area contributed by atoms with Gasteiger partial charge in [-0.05, 0) is 62.2 Å². The van der Waals surface area contributed by atoms with Gasteiger partial charge in [0.15, 0.2) is 6.29 Å². The van der Waals surface area contributed by atoms with Crippen LogP contribution in [0.1, 0.15) is 52.3 Å². The van der Waals surface area contributed by atoms with Crippen LogP contribution in [0, 0.1) is 29.6 Å². The number of hydrogen-bond acceptors (Lipinski definition) is 7. The second-order valence-electron chi connectivity index (χ2n) is 7.72. The minimum absolute atomic E-state index is 0.0392. The number of esters is 1. The molecule has 3 aromatic rings. The Bertz CT molecular complexity index is 1360. The van der Waals surface area contributed by atoms with Crippen LogP contribution in [0.25, 0.3) is 17.2 Å². The van der Waals surface area contributed by atoms with Crippen LogP contribution in [0.15, 0.2) is 42.6 Å². The van der Waals surface area contributed by atoms with E-state index in [1.807, 2.05) is 11.5 Å². The summed E-state index contributed by atoms with van der Waals surface area (Å²) < 4.78 is 12.2. The van der Waals surface area contributed by atoms with E-state index in [1.54, 1.807) is 56.5 Å². The number of aromatic nitrogens is 2. The number of ether oxygens (including phenoxy) is 2. The molecule has 0 radical (unpaired) electrons. The summed E-state index contributed by atoms with van der Waals surface area (Å²) in [7, 11) is 0. The normalized spacial score (nSPS) is 11.8. The highest BCUT2D eigenvalue weighted by atomic mass is 35.5. The molecule has 0 saturated heterocycles. The van der Waals surface area contributed by atoms with Gasteiger partial charge in [0.25, 0.3) is 0 Å². The third kappa shape index (κ3) is 5.81. The monoisotopic (exact) mass is 504 g/mol. The van der Waals surface area contributed by atoms with Crippen LogP contribution in [-0.2, 0) is 16.0 Å². The van der Waals surface area contributed by atoms with Gasteiger partial charge in [-0.1, -0.05) is 23.7 Å². The molecule has 0 aliphatic rings. The Morgan fingerprint density at radius 3 is 2.56 bits per heavy atom. The van der Waals surface area contributed by atoms with Crippen molar-refractivity contribution in [1.82, 2.24) is 9.55 Å². The second-order valence-corrected chi connectivity index (χ2v) is 8.07. The van der Waals surface area contributed by atoms with Crippen molar-refractivity contribution in [3.05, 3.63) is 81.4 Å². The Morgan fingerprint density at radius 2 is 1.94 bits per heavy atom. The number of carbonyl (C=O) groups is 1. The third-order valence-electron chi connectivity index (χ3n) is 5.47. The Hall–Kier alpha value is -3.95. The van der Waals surface area contributed by atoms with Gasteiger partial charge in [-0.3, -0.25) is 0 Å². The molecule has 0 saturated carbocycles. The van der Waals surface area contributed by atoms with Crippen LogP contribution in [0.4, 0.5) is 0 Å². The van der Waals surface area contributed by atoms with E-state index in [-0.39, 0.29) is 23.9 Å². The number of hydrogen-bond donors (Lipinski definition) is 1. The molecule has 8 nitrogen and oxygen atoms in total. The van der Waals surface area contributed by atoms with E-state index in [1.165, 1.54) is 6.08 Å². The largest absolute Gasteiger partial charge is 0.462 e. The summed E-state index contributed by atoms with van der Waals surface area (Å²) in [5, 5.41) is 29.4. The first-order valence-corrected chi connectivity index (χ1v) is 11.6. The first kappa shape index (κ1) is 26.7. The van der Waals surface area contributed by atoms with Gasteiger partial charge in [0.05, 0.1) is 35.1 Å². The molecule has 184 valence electrons. The highest BCUT2D eigenvalue weighted by Crippen LogP contribution is 2.34. The van der Waals surface area contributed by atoms with Gasteiger partial charge < -0.3 is 19.1 Å². The van der Waals surface area contributed by atoms with Crippen LogP contribution in [0.2, 0.25) is 5.15 Å². The minimum atomic E-state index is -1.14. The van der Waals surface area contributed by atoms with Gasteiger partial charge >= 0.3 is 5.97 Å². The molecule has 1 atom stereocenters. The topological polar surface area (TPSA) is 121 Å². The molecule has 2 aromatic heterocycles. The lowest BCUT2D eigenvalue weighted by molar-refractivity contribution is -0.0581. The van der Waals surface area contributed by atoms with Gasteiger partial charge in [-0.2, -0.15) is 10.5 Å². The van der Waals surface area contributed by atoms with Crippen molar-refractivity contribution in [1.29, 1.82) is 10.5 Å². The number of carbonyl (C=O) groups excluding carboxylic acids is 1. The van der Waals surface area contributed by atoms with E-state index < -0.39 is 12.3 Å². The number of nitrogens with zero attached hydrogens (tertiary/aromatic N) is 4.